The fourth-order valence-electron chi connectivity index (χ4n) is 2.66. The number of pyridine rings is 1. The van der Waals surface area contributed by atoms with E-state index in [-0.39, 0.29) is 17.0 Å². The van der Waals surface area contributed by atoms with Crippen LogP contribution < -0.4 is 0 Å². The van der Waals surface area contributed by atoms with E-state index in [1.54, 1.807) is 30.1 Å². The number of carbonyl (C=O) groups excluding carboxylic acids is 1. The SMILES string of the molecule is C[C@@H](Sc1ccc(C(=O)N2CCCC2)cn1)c1ccc(F)cc1. The van der Waals surface area contributed by atoms with Gasteiger partial charge in [-0.1, -0.05) is 23.9 Å². The molecule has 3 rings (SSSR count). The lowest BCUT2D eigenvalue weighted by Gasteiger charge is -2.15. The molecule has 5 heteroatoms. The van der Waals surface area contributed by atoms with E-state index in [0.717, 1.165) is 36.5 Å². The summed E-state index contributed by atoms with van der Waals surface area (Å²) in [5, 5.41) is 1.03. The Balaban J connectivity index is 1.65. The van der Waals surface area contributed by atoms with Gasteiger partial charge in [-0.25, -0.2) is 9.37 Å². The molecule has 1 aliphatic heterocycles. The number of hydrogen-bond acceptors (Lipinski definition) is 3. The molecular weight excluding hydrogens is 311 g/mol. The number of aromatic nitrogens is 1. The van der Waals surface area contributed by atoms with Crippen molar-refractivity contribution in [2.24, 2.45) is 0 Å². The molecule has 1 aromatic carbocycles. The lowest BCUT2D eigenvalue weighted by atomic mass is 10.2. The number of rotatable bonds is 4. The molecule has 23 heavy (non-hydrogen) atoms. The maximum absolute atomic E-state index is 13.0. The summed E-state index contributed by atoms with van der Waals surface area (Å²) >= 11 is 1.60. The molecule has 1 aromatic heterocycles. The van der Waals surface area contributed by atoms with Gasteiger partial charge >= 0.3 is 0 Å². The van der Waals surface area contributed by atoms with Crippen LogP contribution in [-0.2, 0) is 0 Å². The summed E-state index contributed by atoms with van der Waals surface area (Å²) in [6, 6.07) is 10.2. The van der Waals surface area contributed by atoms with E-state index in [1.165, 1.54) is 12.1 Å². The molecule has 1 saturated heterocycles. The van der Waals surface area contributed by atoms with E-state index in [1.807, 2.05) is 17.0 Å². The van der Waals surface area contributed by atoms with Crippen LogP contribution in [0.5, 0.6) is 0 Å². The molecule has 1 fully saturated rings. The first-order chi connectivity index (χ1) is 11.1. The lowest BCUT2D eigenvalue weighted by molar-refractivity contribution is 0.0792. The third kappa shape index (κ3) is 3.91. The molecule has 2 aromatic rings. The third-order valence-electron chi connectivity index (χ3n) is 4.01. The third-order valence-corrected chi connectivity index (χ3v) is 5.12. The van der Waals surface area contributed by atoms with E-state index in [0.29, 0.717) is 5.56 Å². The van der Waals surface area contributed by atoms with Crippen molar-refractivity contribution in [3.63, 3.8) is 0 Å². The minimum absolute atomic E-state index is 0.0677. The van der Waals surface area contributed by atoms with Crippen molar-refractivity contribution in [2.75, 3.05) is 13.1 Å². The second-order valence-electron chi connectivity index (χ2n) is 5.70. The summed E-state index contributed by atoms with van der Waals surface area (Å²) < 4.78 is 13.0. The Morgan fingerprint density at radius 2 is 1.87 bits per heavy atom. The van der Waals surface area contributed by atoms with Gasteiger partial charge in [0.2, 0.25) is 0 Å². The van der Waals surface area contributed by atoms with Gasteiger partial charge in [-0.2, -0.15) is 0 Å². The Kier molecular flexibility index (Phi) is 4.96. The second kappa shape index (κ2) is 7.13. The van der Waals surface area contributed by atoms with Crippen molar-refractivity contribution in [3.8, 4) is 0 Å². The van der Waals surface area contributed by atoms with Gasteiger partial charge in [-0.05, 0) is 49.6 Å². The maximum atomic E-state index is 13.0. The molecule has 120 valence electrons. The van der Waals surface area contributed by atoms with Crippen LogP contribution in [0.1, 0.15) is 40.9 Å². The zero-order valence-electron chi connectivity index (χ0n) is 13.0. The fraction of sp³-hybridized carbons (Fsp3) is 0.333. The van der Waals surface area contributed by atoms with E-state index < -0.39 is 0 Å². The van der Waals surface area contributed by atoms with Gasteiger partial charge < -0.3 is 4.90 Å². The van der Waals surface area contributed by atoms with Gasteiger partial charge in [0, 0.05) is 24.5 Å². The van der Waals surface area contributed by atoms with Gasteiger partial charge in [0.1, 0.15) is 5.82 Å². The predicted octanol–water partition coefficient (Wildman–Crippen LogP) is 4.31. The summed E-state index contributed by atoms with van der Waals surface area (Å²) in [4.78, 5) is 18.6. The minimum Gasteiger partial charge on any atom is -0.339 e. The molecule has 3 nitrogen and oxygen atoms in total. The summed E-state index contributed by atoms with van der Waals surface area (Å²) in [6.07, 6.45) is 3.82. The van der Waals surface area contributed by atoms with Crippen LogP contribution in [0, 0.1) is 5.82 Å². The largest absolute Gasteiger partial charge is 0.339 e. The van der Waals surface area contributed by atoms with Crippen molar-refractivity contribution in [1.29, 1.82) is 0 Å². The molecule has 0 radical (unpaired) electrons. The smallest absolute Gasteiger partial charge is 0.255 e. The Morgan fingerprint density at radius 1 is 1.17 bits per heavy atom. The number of likely N-dealkylation sites (tertiary alicyclic amines) is 1. The molecule has 0 unspecified atom stereocenters. The van der Waals surface area contributed by atoms with E-state index >= 15 is 0 Å². The van der Waals surface area contributed by atoms with Gasteiger partial charge in [-0.15, -0.1) is 0 Å². The highest BCUT2D eigenvalue weighted by atomic mass is 32.2. The number of amides is 1. The summed E-state index contributed by atoms with van der Waals surface area (Å²) in [5.41, 5.74) is 1.70. The van der Waals surface area contributed by atoms with Crippen molar-refractivity contribution >= 4 is 17.7 Å². The van der Waals surface area contributed by atoms with E-state index in [9.17, 15) is 9.18 Å². The Morgan fingerprint density at radius 3 is 2.48 bits per heavy atom. The van der Waals surface area contributed by atoms with Crippen molar-refractivity contribution < 1.29 is 9.18 Å². The normalized spacial score (nSPS) is 15.7. The van der Waals surface area contributed by atoms with Crippen molar-refractivity contribution in [1.82, 2.24) is 9.88 Å². The minimum atomic E-state index is -0.228. The topological polar surface area (TPSA) is 33.2 Å². The number of nitrogens with zero attached hydrogens (tertiary/aromatic N) is 2. The van der Waals surface area contributed by atoms with Crippen LogP contribution in [0.2, 0.25) is 0 Å². The predicted molar refractivity (Wildman–Crippen MR) is 90.0 cm³/mol. The monoisotopic (exact) mass is 330 g/mol. The summed E-state index contributed by atoms with van der Waals surface area (Å²) in [6.45, 7) is 3.75. The molecular formula is C18H19FN2OS. The first kappa shape index (κ1) is 16.0. The first-order valence-electron chi connectivity index (χ1n) is 7.81. The van der Waals surface area contributed by atoms with E-state index in [2.05, 4.69) is 11.9 Å². The Labute approximate surface area is 139 Å². The van der Waals surface area contributed by atoms with Gasteiger partial charge in [0.05, 0.1) is 10.6 Å². The zero-order valence-corrected chi connectivity index (χ0v) is 13.9. The number of hydrogen-bond donors (Lipinski definition) is 0. The lowest BCUT2D eigenvalue weighted by Crippen LogP contribution is -2.27. The molecule has 2 heterocycles. The highest BCUT2D eigenvalue weighted by Crippen LogP contribution is 2.33. The van der Waals surface area contributed by atoms with E-state index in [4.69, 9.17) is 0 Å². The van der Waals surface area contributed by atoms with Crippen LogP contribution in [0.4, 0.5) is 4.39 Å². The van der Waals surface area contributed by atoms with Crippen LogP contribution in [0.3, 0.4) is 0 Å². The molecule has 0 saturated carbocycles. The first-order valence-corrected chi connectivity index (χ1v) is 8.69. The summed E-state index contributed by atoms with van der Waals surface area (Å²) in [5.74, 6) is -0.160. The summed E-state index contributed by atoms with van der Waals surface area (Å²) in [7, 11) is 0. The van der Waals surface area contributed by atoms with Crippen LogP contribution in [0.15, 0.2) is 47.6 Å². The molecule has 1 amide bonds. The van der Waals surface area contributed by atoms with Gasteiger partial charge in [0.25, 0.3) is 5.91 Å². The highest BCUT2D eigenvalue weighted by molar-refractivity contribution is 7.99. The maximum Gasteiger partial charge on any atom is 0.255 e. The highest BCUT2D eigenvalue weighted by Gasteiger charge is 2.19. The van der Waals surface area contributed by atoms with Crippen molar-refractivity contribution in [3.05, 3.63) is 59.5 Å². The molecule has 1 aliphatic rings. The number of thioether (sulfide) groups is 1. The fourth-order valence-corrected chi connectivity index (χ4v) is 3.58. The molecule has 0 bridgehead atoms. The second-order valence-corrected chi connectivity index (χ2v) is 7.06. The molecule has 0 aliphatic carbocycles. The average Bonchev–Trinajstić information content (AvgIpc) is 3.10. The zero-order chi connectivity index (χ0) is 16.2. The molecule has 1 atom stereocenters. The van der Waals surface area contributed by atoms with Gasteiger partial charge in [0.15, 0.2) is 0 Å². The van der Waals surface area contributed by atoms with Crippen LogP contribution in [0.25, 0.3) is 0 Å². The van der Waals surface area contributed by atoms with Crippen LogP contribution in [-0.4, -0.2) is 28.9 Å². The molecule has 0 N–H and O–H groups in total. The Bertz CT molecular complexity index is 666. The average molecular weight is 330 g/mol. The van der Waals surface area contributed by atoms with Crippen molar-refractivity contribution in [2.45, 2.75) is 30.0 Å². The Hall–Kier alpha value is -1.88. The number of carbonyl (C=O) groups is 1. The van der Waals surface area contributed by atoms with Gasteiger partial charge in [-0.3, -0.25) is 4.79 Å². The van der Waals surface area contributed by atoms with Crippen LogP contribution >= 0.6 is 11.8 Å². The number of halogens is 1. The number of benzene rings is 1. The molecule has 0 spiro atoms. The standard InChI is InChI=1S/C18H19FN2OS/c1-13(14-4-7-16(19)8-5-14)23-17-9-6-15(12-20-17)18(22)21-10-2-3-11-21/h4-9,12-13H,2-3,10-11H2,1H3/t13-/m1/s1. The quantitative estimate of drug-likeness (QED) is 0.783.